The maximum atomic E-state index is 13.7. The van der Waals surface area contributed by atoms with E-state index in [1.807, 2.05) is 30.3 Å². The van der Waals surface area contributed by atoms with E-state index >= 15 is 0 Å². The summed E-state index contributed by atoms with van der Waals surface area (Å²) < 4.78 is 13.7. The molecule has 1 aliphatic heterocycles. The maximum Gasteiger partial charge on any atom is 0.227 e. The van der Waals surface area contributed by atoms with Crippen molar-refractivity contribution >= 4 is 5.91 Å². The Bertz CT molecular complexity index is 888. The summed E-state index contributed by atoms with van der Waals surface area (Å²) in [6.45, 7) is -0.196. The normalized spacial score (nSPS) is 24.7. The minimum absolute atomic E-state index is 0.000636. The molecule has 1 aliphatic carbocycles. The molecule has 0 bridgehead atoms. The third kappa shape index (κ3) is 2.67. The van der Waals surface area contributed by atoms with Crippen molar-refractivity contribution in [1.29, 1.82) is 5.26 Å². The van der Waals surface area contributed by atoms with Gasteiger partial charge in [-0.25, -0.2) is 4.39 Å². The first-order chi connectivity index (χ1) is 12.7. The van der Waals surface area contributed by atoms with Crippen LogP contribution in [0.4, 0.5) is 4.39 Å². The van der Waals surface area contributed by atoms with Gasteiger partial charge in [-0.1, -0.05) is 36.4 Å². The summed E-state index contributed by atoms with van der Waals surface area (Å²) in [4.78, 5) is 14.1. The number of aliphatic hydroxyl groups excluding tert-OH is 1. The molecule has 5 heteroatoms. The summed E-state index contributed by atoms with van der Waals surface area (Å²) in [5.74, 6) is -0.645. The van der Waals surface area contributed by atoms with Crippen LogP contribution in [-0.2, 0) is 4.79 Å². The molecule has 2 aromatic carbocycles. The SMILES string of the molecule is N#C[C@@H]1[C@H](c2ccccc2-c2cccc(F)c2)[C@@H](CO)N1C(=O)C1CC1. The number of aliphatic hydroxyl groups is 1. The van der Waals surface area contributed by atoms with Crippen molar-refractivity contribution in [3.63, 3.8) is 0 Å². The Morgan fingerprint density at radius 3 is 2.65 bits per heavy atom. The average molecular weight is 350 g/mol. The van der Waals surface area contributed by atoms with Crippen molar-refractivity contribution in [1.82, 2.24) is 4.90 Å². The van der Waals surface area contributed by atoms with E-state index in [0.717, 1.165) is 29.5 Å². The van der Waals surface area contributed by atoms with Crippen LogP contribution in [0.1, 0.15) is 24.3 Å². The summed E-state index contributed by atoms with van der Waals surface area (Å²) in [6.07, 6.45) is 1.71. The highest BCUT2D eigenvalue weighted by molar-refractivity contribution is 5.84. The zero-order valence-electron chi connectivity index (χ0n) is 14.2. The van der Waals surface area contributed by atoms with Crippen molar-refractivity contribution in [2.45, 2.75) is 30.8 Å². The summed E-state index contributed by atoms with van der Waals surface area (Å²) in [7, 11) is 0. The van der Waals surface area contributed by atoms with Crippen LogP contribution in [0.2, 0.25) is 0 Å². The molecule has 4 nitrogen and oxygen atoms in total. The number of nitrogens with zero attached hydrogens (tertiary/aromatic N) is 2. The summed E-state index contributed by atoms with van der Waals surface area (Å²) in [5.41, 5.74) is 2.42. The molecule has 1 N–H and O–H groups in total. The number of benzene rings is 2. The topological polar surface area (TPSA) is 64.3 Å². The first-order valence-corrected chi connectivity index (χ1v) is 8.83. The molecule has 0 radical (unpaired) electrons. The molecule has 0 unspecified atom stereocenters. The van der Waals surface area contributed by atoms with Gasteiger partial charge in [0.15, 0.2) is 0 Å². The van der Waals surface area contributed by atoms with Gasteiger partial charge in [-0.3, -0.25) is 4.79 Å². The van der Waals surface area contributed by atoms with Gasteiger partial charge in [0.25, 0.3) is 0 Å². The van der Waals surface area contributed by atoms with Crippen molar-refractivity contribution in [2.75, 3.05) is 6.61 Å². The second-order valence-corrected chi connectivity index (χ2v) is 6.97. The third-order valence-corrected chi connectivity index (χ3v) is 5.37. The highest BCUT2D eigenvalue weighted by atomic mass is 19.1. The predicted octanol–water partition coefficient (Wildman–Crippen LogP) is 3.08. The zero-order valence-corrected chi connectivity index (χ0v) is 14.2. The third-order valence-electron chi connectivity index (χ3n) is 5.37. The number of nitriles is 1. The summed E-state index contributed by atoms with van der Waals surface area (Å²) in [6, 6.07) is 15.1. The molecule has 0 aromatic heterocycles. The molecule has 1 saturated heterocycles. The van der Waals surface area contributed by atoms with Crippen molar-refractivity contribution in [3.8, 4) is 17.2 Å². The van der Waals surface area contributed by atoms with Crippen LogP contribution in [0, 0.1) is 23.1 Å². The molecule has 1 saturated carbocycles. The van der Waals surface area contributed by atoms with Gasteiger partial charge in [-0.15, -0.1) is 0 Å². The van der Waals surface area contributed by atoms with Gasteiger partial charge in [0.1, 0.15) is 11.9 Å². The number of hydrogen-bond donors (Lipinski definition) is 1. The standard InChI is InChI=1S/C21H19FN2O2/c22-15-5-3-4-14(10-15)16-6-1-2-7-17(16)20-18(11-23)24(19(20)12-25)21(26)13-8-9-13/h1-7,10,13,18-20,25H,8-9,12H2/t18-,19-,20+/m1/s1. The summed E-state index contributed by atoms with van der Waals surface area (Å²) in [5, 5.41) is 19.6. The van der Waals surface area contributed by atoms with E-state index in [4.69, 9.17) is 0 Å². The highest BCUT2D eigenvalue weighted by Gasteiger charge is 2.54. The second kappa shape index (κ2) is 6.54. The number of carbonyl (C=O) groups excluding carboxylic acids is 1. The van der Waals surface area contributed by atoms with Gasteiger partial charge in [-0.2, -0.15) is 5.26 Å². The van der Waals surface area contributed by atoms with Crippen LogP contribution in [0.15, 0.2) is 48.5 Å². The molecule has 2 aromatic rings. The quantitative estimate of drug-likeness (QED) is 0.922. The van der Waals surface area contributed by atoms with Crippen LogP contribution in [0.5, 0.6) is 0 Å². The van der Waals surface area contributed by atoms with Crippen LogP contribution in [-0.4, -0.2) is 34.6 Å². The zero-order chi connectivity index (χ0) is 18.3. The first-order valence-electron chi connectivity index (χ1n) is 8.83. The van der Waals surface area contributed by atoms with Gasteiger partial charge in [-0.05, 0) is 41.7 Å². The van der Waals surface area contributed by atoms with E-state index < -0.39 is 12.1 Å². The molecule has 1 heterocycles. The minimum Gasteiger partial charge on any atom is -0.394 e. The van der Waals surface area contributed by atoms with Crippen LogP contribution >= 0.6 is 0 Å². The molecular formula is C21H19FN2O2. The number of carbonyl (C=O) groups is 1. The van der Waals surface area contributed by atoms with Crippen molar-refractivity contribution < 1.29 is 14.3 Å². The lowest BCUT2D eigenvalue weighted by Crippen LogP contribution is -2.65. The lowest BCUT2D eigenvalue weighted by atomic mass is 9.73. The Labute approximate surface area is 151 Å². The molecule has 0 spiro atoms. The van der Waals surface area contributed by atoms with Gasteiger partial charge in [0, 0.05) is 11.8 Å². The van der Waals surface area contributed by atoms with Crippen LogP contribution in [0.3, 0.4) is 0 Å². The molecule has 3 atom stereocenters. The number of hydrogen-bond acceptors (Lipinski definition) is 3. The number of amides is 1. The average Bonchev–Trinajstić information content (AvgIpc) is 3.47. The van der Waals surface area contributed by atoms with Crippen molar-refractivity contribution in [2.24, 2.45) is 5.92 Å². The molecule has 132 valence electrons. The predicted molar refractivity (Wildman–Crippen MR) is 94.4 cm³/mol. The Balaban J connectivity index is 1.73. The lowest BCUT2D eigenvalue weighted by Gasteiger charge is -2.52. The molecular weight excluding hydrogens is 331 g/mol. The number of halogens is 1. The Kier molecular flexibility index (Phi) is 4.21. The lowest BCUT2D eigenvalue weighted by molar-refractivity contribution is -0.148. The molecule has 26 heavy (non-hydrogen) atoms. The Morgan fingerprint density at radius 1 is 1.23 bits per heavy atom. The van der Waals surface area contributed by atoms with E-state index in [9.17, 15) is 19.6 Å². The van der Waals surface area contributed by atoms with E-state index in [1.54, 1.807) is 11.0 Å². The minimum atomic E-state index is -0.602. The van der Waals surface area contributed by atoms with E-state index in [0.29, 0.717) is 0 Å². The largest absolute Gasteiger partial charge is 0.394 e. The molecule has 1 amide bonds. The second-order valence-electron chi connectivity index (χ2n) is 6.97. The molecule has 4 rings (SSSR count). The highest BCUT2D eigenvalue weighted by Crippen LogP contribution is 2.46. The number of rotatable bonds is 4. The Morgan fingerprint density at radius 2 is 2.00 bits per heavy atom. The van der Waals surface area contributed by atoms with E-state index in [2.05, 4.69) is 6.07 Å². The monoisotopic (exact) mass is 350 g/mol. The van der Waals surface area contributed by atoms with Gasteiger partial charge in [0.2, 0.25) is 5.91 Å². The van der Waals surface area contributed by atoms with Gasteiger partial charge >= 0.3 is 0 Å². The van der Waals surface area contributed by atoms with Crippen LogP contribution in [0.25, 0.3) is 11.1 Å². The first kappa shape index (κ1) is 16.7. The maximum absolute atomic E-state index is 13.7. The fourth-order valence-electron chi connectivity index (χ4n) is 3.93. The van der Waals surface area contributed by atoms with Gasteiger partial charge < -0.3 is 10.0 Å². The van der Waals surface area contributed by atoms with Gasteiger partial charge in [0.05, 0.1) is 18.7 Å². The summed E-state index contributed by atoms with van der Waals surface area (Å²) >= 11 is 0. The Hall–Kier alpha value is -2.71. The van der Waals surface area contributed by atoms with E-state index in [1.165, 1.54) is 12.1 Å². The van der Waals surface area contributed by atoms with Crippen molar-refractivity contribution in [3.05, 3.63) is 59.9 Å². The fourth-order valence-corrected chi connectivity index (χ4v) is 3.93. The fraction of sp³-hybridized carbons (Fsp3) is 0.333. The molecule has 2 aliphatic rings. The number of likely N-dealkylation sites (tertiary alicyclic amines) is 1. The smallest absolute Gasteiger partial charge is 0.227 e. The molecule has 2 fully saturated rings. The van der Waals surface area contributed by atoms with E-state index in [-0.39, 0.29) is 30.2 Å². The van der Waals surface area contributed by atoms with Crippen LogP contribution < -0.4 is 0 Å².